The van der Waals surface area contributed by atoms with Gasteiger partial charge in [0.1, 0.15) is 78.5 Å². The van der Waals surface area contributed by atoms with Gasteiger partial charge in [-0.3, -0.25) is 86.5 Å². The number of primary amides is 2. The predicted octanol–water partition coefficient (Wildman–Crippen LogP) is -10.3. The number of carbonyl (C=O) groups excluding carboxylic acids is 16. The number of nitrogens with one attached hydrogen (secondary N) is 14. The van der Waals surface area contributed by atoms with Crippen molar-refractivity contribution in [1.29, 1.82) is 0 Å². The fourth-order valence-corrected chi connectivity index (χ4v) is 10.6. The van der Waals surface area contributed by atoms with E-state index in [0.29, 0.717) is 18.6 Å². The molecule has 0 aromatic heterocycles. The molecule has 0 aromatic carbocycles. The van der Waals surface area contributed by atoms with Crippen LogP contribution in [-0.4, -0.2) is 274 Å². The molecule has 0 fully saturated rings. The molecule has 15 atom stereocenters. The number of rotatable bonds is 55. The number of carboxylic acid groups (broad SMARTS) is 1. The number of thioether (sulfide) groups is 1. The van der Waals surface area contributed by atoms with E-state index < -0.39 is 249 Å². The van der Waals surface area contributed by atoms with E-state index in [9.17, 15) is 107 Å². The minimum absolute atomic E-state index is 0.00447. The smallest absolute Gasteiger partial charge is 0.325 e. The molecule has 0 rings (SSSR count). The SMILES string of the molecule is CSCC[C@H](NC(=O)[C@H](CCCCN)NC(=O)[C@H](CCCN=C(N)N)NC(=O)[C@H](CC(C)C)NC(=O)CNC(=O)[C@H](CO)NC(=O)[C@H](CCC(N)=O)NC(=O)[C@H](CC(C)C)NC(=O)[C@@H](NC(=O)[C@H](CO)NC(=O)[C@H](CC(N)=O)NC(=O)[C@@H](NC(=O)[C@H](CO)NC(=O)[C@@H](N)C(C)C)C(C)C)[C@@H](C)O)C(=O)N[C@@H](C)C(=O)O. The summed E-state index contributed by atoms with van der Waals surface area (Å²) in [4.78, 5) is 231. The van der Waals surface area contributed by atoms with Crippen molar-refractivity contribution in [2.24, 2.45) is 63.1 Å². The highest BCUT2D eigenvalue weighted by molar-refractivity contribution is 7.98. The zero-order chi connectivity index (χ0) is 84.4. The number of aliphatic hydroxyl groups is 4. The van der Waals surface area contributed by atoms with Gasteiger partial charge in [-0.25, -0.2) is 0 Å². The van der Waals surface area contributed by atoms with Crippen molar-refractivity contribution in [1.82, 2.24) is 74.4 Å². The number of unbranched alkanes of at least 4 members (excludes halogenated alkanes) is 1. The molecule has 0 heterocycles. The number of aliphatic imine (C=N–C) groups is 1. The summed E-state index contributed by atoms with van der Waals surface area (Å²) < 4.78 is 0. The molecule has 31 N–H and O–H groups in total. The Kier molecular flexibility index (Phi) is 47.9. The fraction of sp³-hybridized carbons (Fsp3) is 0.727. The van der Waals surface area contributed by atoms with Crippen molar-refractivity contribution in [3.63, 3.8) is 0 Å². The Morgan fingerprint density at radius 1 is 0.409 bits per heavy atom. The molecule has 110 heavy (non-hydrogen) atoms. The third kappa shape index (κ3) is 39.1. The second-order valence-electron chi connectivity index (χ2n) is 27.7. The van der Waals surface area contributed by atoms with Crippen LogP contribution < -0.4 is 109 Å². The summed E-state index contributed by atoms with van der Waals surface area (Å²) in [5.74, 6) is -20.1. The molecule has 0 saturated heterocycles. The van der Waals surface area contributed by atoms with Gasteiger partial charge in [0.2, 0.25) is 94.5 Å². The van der Waals surface area contributed by atoms with Crippen LogP contribution in [-0.2, 0) is 81.5 Å². The van der Waals surface area contributed by atoms with Gasteiger partial charge in [0.15, 0.2) is 5.96 Å². The summed E-state index contributed by atoms with van der Waals surface area (Å²) in [6.45, 7) is 11.1. The van der Waals surface area contributed by atoms with E-state index >= 15 is 0 Å². The van der Waals surface area contributed by atoms with Crippen LogP contribution in [0.5, 0.6) is 0 Å². The Hall–Kier alpha value is -9.63. The number of amides is 16. The van der Waals surface area contributed by atoms with E-state index in [2.05, 4.69) is 79.4 Å². The second kappa shape index (κ2) is 52.5. The molecular formula is C66H119N21O22S. The maximum atomic E-state index is 14.2. The summed E-state index contributed by atoms with van der Waals surface area (Å²) in [7, 11) is 0. The molecular weight excluding hydrogens is 1470 g/mol. The van der Waals surface area contributed by atoms with Gasteiger partial charge in [-0.1, -0.05) is 55.4 Å². The number of carboxylic acids is 1. The van der Waals surface area contributed by atoms with Crippen LogP contribution in [0.2, 0.25) is 0 Å². The van der Waals surface area contributed by atoms with Gasteiger partial charge in [0, 0.05) is 13.0 Å². The van der Waals surface area contributed by atoms with E-state index in [4.69, 9.17) is 34.4 Å². The standard InChI is InChI=1S/C66H119N21O22S/c1-30(2)23-40(57(100)78-37(16-14-21-73-66(71)72)55(98)77-36(15-12-13-20-67)54(97)80-39(19-22-110-11)53(96)75-34(9)65(108)109)76-48(94)26-74-52(95)43(27-88)83-56(99)38(17-18-46(68)92)79-58(101)41(24-31(3)4)81-64(107)51(35(10)91)87-61(104)44(28-89)84-59(102)42(25-47(69)93)82-63(106)50(33(7)8)86-60(103)45(29-90)85-62(105)49(70)32(5)6/h30-45,49-51,88-91H,12-29,67,70H2,1-11H3,(H2,68,92)(H2,69,93)(H,74,95)(H,75,96)(H,76,94)(H,77,98)(H,78,100)(H,79,101)(H,80,97)(H,81,107)(H,82,106)(H,83,99)(H,84,102)(H,85,105)(H,86,103)(H,87,104)(H,108,109)(H4,71,72,73)/t34-,35+,36-,37-,38-,39-,40-,41-,42-,43-,44-,45-,49-,50-,51-/m0/s1. The average molecular weight is 1590 g/mol. The van der Waals surface area contributed by atoms with Crippen LogP contribution in [0.3, 0.4) is 0 Å². The normalized spacial score (nSPS) is 15.3. The third-order valence-electron chi connectivity index (χ3n) is 16.4. The van der Waals surface area contributed by atoms with Crippen molar-refractivity contribution in [3.05, 3.63) is 0 Å². The Morgan fingerprint density at radius 3 is 1.21 bits per heavy atom. The highest BCUT2D eigenvalue weighted by Crippen LogP contribution is 2.14. The lowest BCUT2D eigenvalue weighted by Crippen LogP contribution is -2.63. The van der Waals surface area contributed by atoms with Gasteiger partial charge >= 0.3 is 5.97 Å². The van der Waals surface area contributed by atoms with Crippen molar-refractivity contribution >= 4 is 118 Å². The van der Waals surface area contributed by atoms with Gasteiger partial charge in [-0.2, -0.15) is 11.8 Å². The van der Waals surface area contributed by atoms with Crippen molar-refractivity contribution in [3.8, 4) is 0 Å². The molecule has 0 unspecified atom stereocenters. The summed E-state index contributed by atoms with van der Waals surface area (Å²) in [5, 5.41) is 83.7. The Bertz CT molecular complexity index is 3130. The molecule has 0 radical (unpaired) electrons. The van der Waals surface area contributed by atoms with Crippen LogP contribution in [0, 0.1) is 23.7 Å². The quantitative estimate of drug-likeness (QED) is 0.0153. The van der Waals surface area contributed by atoms with Crippen molar-refractivity contribution in [2.45, 2.75) is 231 Å². The molecule has 0 aliphatic rings. The number of nitrogens with zero attached hydrogens (tertiary/aromatic N) is 1. The second-order valence-corrected chi connectivity index (χ2v) is 28.7. The molecule has 0 saturated carbocycles. The molecule has 0 aromatic rings. The fourth-order valence-electron chi connectivity index (χ4n) is 10.1. The van der Waals surface area contributed by atoms with Gasteiger partial charge in [-0.05, 0) is 114 Å². The minimum atomic E-state index is -2.01. The third-order valence-corrected chi connectivity index (χ3v) is 17.0. The lowest BCUT2D eigenvalue weighted by atomic mass is 10.0. The molecule has 44 heteroatoms. The number of aliphatic carboxylic acids is 1. The molecule has 0 aliphatic heterocycles. The first-order valence-corrected chi connectivity index (χ1v) is 37.3. The molecule has 16 amide bonds. The summed E-state index contributed by atoms with van der Waals surface area (Å²) >= 11 is 1.35. The van der Waals surface area contributed by atoms with E-state index in [1.165, 1.54) is 32.5 Å². The molecule has 43 nitrogen and oxygen atoms in total. The number of nitrogens with two attached hydrogens (primary N) is 6. The summed E-state index contributed by atoms with van der Waals surface area (Å²) in [6.07, 6.45) is -1.65. The van der Waals surface area contributed by atoms with E-state index in [1.54, 1.807) is 47.8 Å². The highest BCUT2D eigenvalue weighted by atomic mass is 32.2. The van der Waals surface area contributed by atoms with Crippen molar-refractivity contribution in [2.75, 3.05) is 51.5 Å². The molecule has 0 aliphatic carbocycles. The summed E-state index contributed by atoms with van der Waals surface area (Å²) in [6, 6.07) is -22.1. The van der Waals surface area contributed by atoms with Crippen LogP contribution in [0.15, 0.2) is 4.99 Å². The first-order chi connectivity index (χ1) is 51.4. The number of hydrogen-bond donors (Lipinski definition) is 25. The topological polar surface area (TPSA) is 728 Å². The first-order valence-electron chi connectivity index (χ1n) is 35.9. The van der Waals surface area contributed by atoms with Gasteiger partial charge in [0.05, 0.1) is 44.9 Å². The maximum Gasteiger partial charge on any atom is 0.325 e. The average Bonchev–Trinajstić information content (AvgIpc) is 0.856. The Balaban J connectivity index is 6.70. The zero-order valence-corrected chi connectivity index (χ0v) is 65.0. The highest BCUT2D eigenvalue weighted by Gasteiger charge is 2.39. The number of carbonyl (C=O) groups is 17. The van der Waals surface area contributed by atoms with Gasteiger partial charge < -0.3 is 134 Å². The largest absolute Gasteiger partial charge is 0.480 e. The maximum absolute atomic E-state index is 14.2. The number of guanidine groups is 1. The van der Waals surface area contributed by atoms with Crippen LogP contribution in [0.4, 0.5) is 0 Å². The zero-order valence-electron chi connectivity index (χ0n) is 64.2. The van der Waals surface area contributed by atoms with Crippen LogP contribution in [0.1, 0.15) is 140 Å². The van der Waals surface area contributed by atoms with E-state index in [0.717, 1.165) is 6.92 Å². The van der Waals surface area contributed by atoms with Crippen LogP contribution in [0.25, 0.3) is 0 Å². The predicted molar refractivity (Wildman–Crippen MR) is 399 cm³/mol. The van der Waals surface area contributed by atoms with Crippen LogP contribution >= 0.6 is 11.8 Å². The van der Waals surface area contributed by atoms with E-state index in [1.807, 2.05) is 0 Å². The van der Waals surface area contributed by atoms with Gasteiger partial charge in [-0.15, -0.1) is 0 Å². The first kappa shape index (κ1) is 100. The number of hydrogen-bond acceptors (Lipinski definition) is 25. The molecule has 626 valence electrons. The van der Waals surface area contributed by atoms with E-state index in [-0.39, 0.29) is 69.4 Å². The van der Waals surface area contributed by atoms with Crippen molar-refractivity contribution < 1.29 is 107 Å². The minimum Gasteiger partial charge on any atom is -0.480 e. The summed E-state index contributed by atoms with van der Waals surface area (Å²) in [5.41, 5.74) is 33.4. The lowest BCUT2D eigenvalue weighted by Gasteiger charge is -2.29. The number of aliphatic hydroxyl groups excluding tert-OH is 4. The lowest BCUT2D eigenvalue weighted by molar-refractivity contribution is -0.142. The monoisotopic (exact) mass is 1590 g/mol. The Labute approximate surface area is 642 Å². The Morgan fingerprint density at radius 2 is 0.791 bits per heavy atom. The van der Waals surface area contributed by atoms with Gasteiger partial charge in [0.25, 0.3) is 0 Å². The molecule has 0 spiro atoms. The molecule has 0 bridgehead atoms.